The van der Waals surface area contributed by atoms with Gasteiger partial charge in [-0.1, -0.05) is 40.2 Å². The first-order chi connectivity index (χ1) is 16.8. The summed E-state index contributed by atoms with van der Waals surface area (Å²) >= 11 is 9.66. The Morgan fingerprint density at radius 1 is 1.03 bits per heavy atom. The van der Waals surface area contributed by atoms with Crippen LogP contribution in [-0.2, 0) is 19.3 Å². The number of aliphatic hydroxyl groups excluding tert-OH is 1. The number of benzene rings is 3. The van der Waals surface area contributed by atoms with Gasteiger partial charge in [-0.2, -0.15) is 0 Å². The quantitative estimate of drug-likeness (QED) is 0.268. The number of hydrogen-bond acceptors (Lipinski definition) is 6. The number of aromatic nitrogens is 4. The molecule has 0 aliphatic carbocycles. The molecule has 5 aromatic rings. The Hall–Kier alpha value is -3.30. The van der Waals surface area contributed by atoms with E-state index in [0.29, 0.717) is 44.5 Å². The topological polar surface area (TPSA) is 104 Å². The number of hydrogen-bond donors (Lipinski definition) is 3. The molecule has 0 bridgehead atoms. The number of aryl methyl sites for hydroxylation is 1. The second-order valence-corrected chi connectivity index (χ2v) is 9.38. The lowest BCUT2D eigenvalue weighted by Crippen LogP contribution is -2.31. The fourth-order valence-corrected chi connectivity index (χ4v) is 4.84. The second kappa shape index (κ2) is 9.05. The number of phenols is 1. The van der Waals surface area contributed by atoms with Crippen LogP contribution in [0.3, 0.4) is 0 Å². The summed E-state index contributed by atoms with van der Waals surface area (Å²) in [6, 6.07) is 17.4. The minimum absolute atomic E-state index is 0.0750. The molecule has 0 saturated carbocycles. The molecule has 0 aliphatic heterocycles. The predicted molar refractivity (Wildman–Crippen MR) is 137 cm³/mol. The number of phenolic OH excluding ortho intramolecular Hbond substituents is 1. The van der Waals surface area contributed by atoms with E-state index in [2.05, 4.69) is 30.9 Å². The standard InChI is InChI=1S/C26H20BrClN4O3/c1-32-14-29-12-23(32)26(35,17-5-7-21(27)16(9-17)13-33)18-6-8-22-20(11-18)24(31-25(28)30-22)15-3-2-4-19(34)10-15/h2-12,14,33-35H,13H2,1H3. The highest BCUT2D eigenvalue weighted by molar-refractivity contribution is 9.10. The predicted octanol–water partition coefficient (Wildman–Crippen LogP) is 4.93. The summed E-state index contributed by atoms with van der Waals surface area (Å²) in [6.07, 6.45) is 3.23. The summed E-state index contributed by atoms with van der Waals surface area (Å²) < 4.78 is 2.49. The van der Waals surface area contributed by atoms with Gasteiger partial charge in [-0.25, -0.2) is 15.0 Å². The third-order valence-electron chi connectivity index (χ3n) is 6.03. The van der Waals surface area contributed by atoms with Gasteiger partial charge in [-0.05, 0) is 64.7 Å². The van der Waals surface area contributed by atoms with Gasteiger partial charge in [0.15, 0.2) is 5.60 Å². The molecular formula is C26H20BrClN4O3. The van der Waals surface area contributed by atoms with Crippen LogP contribution in [0.15, 0.2) is 77.7 Å². The lowest BCUT2D eigenvalue weighted by atomic mass is 9.82. The number of rotatable bonds is 5. The zero-order valence-electron chi connectivity index (χ0n) is 18.5. The molecule has 0 radical (unpaired) electrons. The number of imidazole rings is 1. The van der Waals surface area contributed by atoms with Gasteiger partial charge < -0.3 is 19.9 Å². The summed E-state index contributed by atoms with van der Waals surface area (Å²) in [5.41, 5.74) is 2.44. The van der Waals surface area contributed by atoms with Crippen LogP contribution in [-0.4, -0.2) is 34.8 Å². The van der Waals surface area contributed by atoms with Crippen molar-refractivity contribution in [3.63, 3.8) is 0 Å². The lowest BCUT2D eigenvalue weighted by molar-refractivity contribution is 0.117. The maximum absolute atomic E-state index is 12.4. The van der Waals surface area contributed by atoms with Crippen molar-refractivity contribution < 1.29 is 15.3 Å². The van der Waals surface area contributed by atoms with Gasteiger partial charge in [0.1, 0.15) is 5.75 Å². The van der Waals surface area contributed by atoms with Gasteiger partial charge in [0.25, 0.3) is 0 Å². The van der Waals surface area contributed by atoms with E-state index in [1.165, 1.54) is 0 Å². The number of aliphatic hydroxyl groups is 2. The van der Waals surface area contributed by atoms with Crippen molar-refractivity contribution in [3.8, 4) is 17.0 Å². The van der Waals surface area contributed by atoms with Gasteiger partial charge in [0.2, 0.25) is 5.28 Å². The molecule has 1 atom stereocenters. The van der Waals surface area contributed by atoms with Crippen LogP contribution in [0.2, 0.25) is 5.28 Å². The molecule has 3 N–H and O–H groups in total. The van der Waals surface area contributed by atoms with Crippen molar-refractivity contribution in [1.82, 2.24) is 19.5 Å². The smallest absolute Gasteiger partial charge is 0.223 e. The Labute approximate surface area is 214 Å². The van der Waals surface area contributed by atoms with E-state index in [4.69, 9.17) is 11.6 Å². The highest BCUT2D eigenvalue weighted by Crippen LogP contribution is 2.40. The molecule has 2 aromatic heterocycles. The third-order valence-corrected chi connectivity index (χ3v) is 6.97. The molecule has 0 spiro atoms. The third kappa shape index (κ3) is 4.08. The molecule has 35 heavy (non-hydrogen) atoms. The fraction of sp³-hybridized carbons (Fsp3) is 0.115. The monoisotopic (exact) mass is 550 g/mol. The molecule has 9 heteroatoms. The number of halogens is 2. The van der Waals surface area contributed by atoms with Gasteiger partial charge in [-0.15, -0.1) is 0 Å². The Kier molecular flexibility index (Phi) is 6.06. The summed E-state index contributed by atoms with van der Waals surface area (Å²) in [5, 5.41) is 32.9. The summed E-state index contributed by atoms with van der Waals surface area (Å²) in [6.45, 7) is -0.193. The molecular weight excluding hydrogens is 532 g/mol. The van der Waals surface area contributed by atoms with Crippen LogP contribution in [0, 0.1) is 0 Å². The molecule has 3 aromatic carbocycles. The van der Waals surface area contributed by atoms with Crippen LogP contribution in [0.5, 0.6) is 5.75 Å². The van der Waals surface area contributed by atoms with Crippen molar-refractivity contribution in [3.05, 3.63) is 105 Å². The van der Waals surface area contributed by atoms with E-state index in [1.54, 1.807) is 72.7 Å². The van der Waals surface area contributed by atoms with E-state index in [-0.39, 0.29) is 17.6 Å². The maximum atomic E-state index is 12.4. The average Bonchev–Trinajstić information content (AvgIpc) is 3.29. The molecule has 0 saturated heterocycles. The van der Waals surface area contributed by atoms with Crippen LogP contribution >= 0.6 is 27.5 Å². The second-order valence-electron chi connectivity index (χ2n) is 8.19. The van der Waals surface area contributed by atoms with Crippen LogP contribution < -0.4 is 0 Å². The minimum atomic E-state index is -1.61. The molecule has 7 nitrogen and oxygen atoms in total. The van der Waals surface area contributed by atoms with Gasteiger partial charge in [0, 0.05) is 22.5 Å². The van der Waals surface area contributed by atoms with E-state index < -0.39 is 5.60 Å². The summed E-state index contributed by atoms with van der Waals surface area (Å²) in [4.78, 5) is 13.0. The first kappa shape index (κ1) is 23.4. The molecule has 176 valence electrons. The molecule has 5 rings (SSSR count). The largest absolute Gasteiger partial charge is 0.508 e. The zero-order chi connectivity index (χ0) is 24.7. The Bertz CT molecular complexity index is 1570. The number of nitrogens with zero attached hydrogens (tertiary/aromatic N) is 4. The SMILES string of the molecule is Cn1cncc1C(O)(c1ccc(Br)c(CO)c1)c1ccc2nc(Cl)nc(-c3cccc(O)c3)c2c1. The van der Waals surface area contributed by atoms with E-state index in [0.717, 1.165) is 4.47 Å². The molecule has 0 amide bonds. The number of aromatic hydroxyl groups is 1. The first-order valence-electron chi connectivity index (χ1n) is 10.7. The van der Waals surface area contributed by atoms with Crippen LogP contribution in [0.4, 0.5) is 0 Å². The van der Waals surface area contributed by atoms with Crippen molar-refractivity contribution in [1.29, 1.82) is 0 Å². The van der Waals surface area contributed by atoms with Gasteiger partial charge in [-0.3, -0.25) is 0 Å². The lowest BCUT2D eigenvalue weighted by Gasteiger charge is -2.30. The Balaban J connectivity index is 1.81. The van der Waals surface area contributed by atoms with E-state index in [9.17, 15) is 15.3 Å². The zero-order valence-corrected chi connectivity index (χ0v) is 20.9. The van der Waals surface area contributed by atoms with E-state index >= 15 is 0 Å². The molecule has 0 aliphatic rings. The highest BCUT2D eigenvalue weighted by Gasteiger charge is 2.37. The van der Waals surface area contributed by atoms with Crippen LogP contribution in [0.1, 0.15) is 22.4 Å². The van der Waals surface area contributed by atoms with Gasteiger partial charge >= 0.3 is 0 Å². The minimum Gasteiger partial charge on any atom is -0.508 e. The summed E-state index contributed by atoms with van der Waals surface area (Å²) in [5.74, 6) is 0.0966. The summed E-state index contributed by atoms with van der Waals surface area (Å²) in [7, 11) is 1.81. The number of fused-ring (bicyclic) bond motifs is 1. The van der Waals surface area contributed by atoms with E-state index in [1.807, 2.05) is 12.1 Å². The molecule has 2 heterocycles. The van der Waals surface area contributed by atoms with Gasteiger partial charge in [0.05, 0.1) is 36.0 Å². The van der Waals surface area contributed by atoms with Crippen molar-refractivity contribution in [2.24, 2.45) is 7.05 Å². The van der Waals surface area contributed by atoms with Crippen LogP contribution in [0.25, 0.3) is 22.2 Å². The molecule has 1 unspecified atom stereocenters. The van der Waals surface area contributed by atoms with Crippen molar-refractivity contribution in [2.45, 2.75) is 12.2 Å². The Morgan fingerprint density at radius 3 is 2.51 bits per heavy atom. The van der Waals surface area contributed by atoms with Crippen molar-refractivity contribution in [2.75, 3.05) is 0 Å². The maximum Gasteiger partial charge on any atom is 0.223 e. The molecule has 0 fully saturated rings. The fourth-order valence-electron chi connectivity index (χ4n) is 4.29. The normalized spacial score (nSPS) is 13.2. The first-order valence-corrected chi connectivity index (χ1v) is 11.8. The van der Waals surface area contributed by atoms with Crippen molar-refractivity contribution >= 4 is 38.4 Å². The average molecular weight is 552 g/mol. The highest BCUT2D eigenvalue weighted by atomic mass is 79.9. The Morgan fingerprint density at radius 2 is 1.80 bits per heavy atom.